The molecule has 0 saturated carbocycles. The molecule has 1 fully saturated rings. The lowest BCUT2D eigenvalue weighted by molar-refractivity contribution is -0.144. The summed E-state index contributed by atoms with van der Waals surface area (Å²) in [4.78, 5) is 13.0. The minimum Gasteiger partial charge on any atom is -0.508 e. The third kappa shape index (κ3) is 3.15. The van der Waals surface area contributed by atoms with E-state index in [0.717, 1.165) is 6.54 Å². The third-order valence-corrected chi connectivity index (χ3v) is 3.30. The summed E-state index contributed by atoms with van der Waals surface area (Å²) >= 11 is 0. The summed E-state index contributed by atoms with van der Waals surface area (Å²) in [6.45, 7) is 2.18. The van der Waals surface area contributed by atoms with Crippen LogP contribution in [0.25, 0.3) is 0 Å². The van der Waals surface area contributed by atoms with Crippen LogP contribution < -0.4 is 10.1 Å². The summed E-state index contributed by atoms with van der Waals surface area (Å²) < 4.78 is 5.12. The first-order valence-corrected chi connectivity index (χ1v) is 6.15. The molecule has 0 bridgehead atoms. The molecule has 0 radical (unpaired) electrons. The molecule has 1 heterocycles. The monoisotopic (exact) mass is 266 g/mol. The molecule has 104 valence electrons. The molecule has 1 aromatic rings. The molecule has 1 atom stereocenters. The van der Waals surface area contributed by atoms with Gasteiger partial charge in [-0.1, -0.05) is 0 Å². The van der Waals surface area contributed by atoms with Crippen LogP contribution in [0.3, 0.4) is 0 Å². The zero-order valence-corrected chi connectivity index (χ0v) is 10.8. The molecular formula is C13H18N2O4. The summed E-state index contributed by atoms with van der Waals surface area (Å²) in [5.41, 5.74) is 0.674. The van der Waals surface area contributed by atoms with Gasteiger partial charge in [0.15, 0.2) is 0 Å². The van der Waals surface area contributed by atoms with Crippen molar-refractivity contribution in [3.05, 3.63) is 23.8 Å². The van der Waals surface area contributed by atoms with Crippen molar-refractivity contribution < 1.29 is 19.7 Å². The molecule has 6 heteroatoms. The third-order valence-electron chi connectivity index (χ3n) is 3.30. The lowest BCUT2D eigenvalue weighted by Crippen LogP contribution is -2.54. The molecule has 1 aliphatic heterocycles. The summed E-state index contributed by atoms with van der Waals surface area (Å²) in [6.07, 6.45) is 0. The molecule has 0 aromatic heterocycles. The molecule has 3 N–H and O–H groups in total. The second-order valence-electron chi connectivity index (χ2n) is 4.52. The first-order chi connectivity index (χ1) is 9.11. The maximum absolute atomic E-state index is 11.2. The number of phenols is 1. The van der Waals surface area contributed by atoms with E-state index in [2.05, 4.69) is 5.32 Å². The quantitative estimate of drug-likeness (QED) is 0.725. The van der Waals surface area contributed by atoms with Crippen molar-refractivity contribution in [1.82, 2.24) is 10.2 Å². The van der Waals surface area contributed by atoms with E-state index in [-0.39, 0.29) is 5.75 Å². The molecule has 0 amide bonds. The Morgan fingerprint density at radius 3 is 3.05 bits per heavy atom. The fourth-order valence-corrected chi connectivity index (χ4v) is 2.21. The highest BCUT2D eigenvalue weighted by Crippen LogP contribution is 2.25. The number of benzene rings is 1. The predicted octanol–water partition coefficient (Wildman–Crippen LogP) is 0.259. The Balaban J connectivity index is 2.16. The summed E-state index contributed by atoms with van der Waals surface area (Å²) in [6, 6.07) is 4.40. The van der Waals surface area contributed by atoms with Gasteiger partial charge in [0.25, 0.3) is 0 Å². The van der Waals surface area contributed by atoms with E-state index in [4.69, 9.17) is 4.74 Å². The van der Waals surface area contributed by atoms with Gasteiger partial charge in [-0.15, -0.1) is 0 Å². The van der Waals surface area contributed by atoms with Gasteiger partial charge in [0, 0.05) is 31.7 Å². The minimum atomic E-state index is -0.852. The fraction of sp³-hybridized carbons (Fsp3) is 0.462. The van der Waals surface area contributed by atoms with Crippen molar-refractivity contribution in [1.29, 1.82) is 0 Å². The Morgan fingerprint density at radius 1 is 1.58 bits per heavy atom. The van der Waals surface area contributed by atoms with E-state index in [1.807, 2.05) is 4.90 Å². The van der Waals surface area contributed by atoms with E-state index in [1.165, 1.54) is 0 Å². The van der Waals surface area contributed by atoms with Gasteiger partial charge in [-0.25, -0.2) is 0 Å². The highest BCUT2D eigenvalue weighted by atomic mass is 16.5. The molecule has 1 unspecified atom stereocenters. The number of nitrogens with zero attached hydrogens (tertiary/aromatic N) is 1. The Labute approximate surface area is 111 Å². The molecule has 0 spiro atoms. The van der Waals surface area contributed by atoms with Crippen molar-refractivity contribution in [3.63, 3.8) is 0 Å². The number of hydrogen-bond acceptors (Lipinski definition) is 5. The van der Waals surface area contributed by atoms with E-state index in [1.54, 1.807) is 25.3 Å². The largest absolute Gasteiger partial charge is 0.508 e. The SMILES string of the molecule is COc1ccc(O)c(CN2CCNCC2C(=O)O)c1. The van der Waals surface area contributed by atoms with Crippen LogP contribution in [0.1, 0.15) is 5.56 Å². The van der Waals surface area contributed by atoms with Crippen molar-refractivity contribution in [2.24, 2.45) is 0 Å². The number of carbonyl (C=O) groups is 1. The minimum absolute atomic E-state index is 0.156. The topological polar surface area (TPSA) is 82.0 Å². The van der Waals surface area contributed by atoms with Gasteiger partial charge in [-0.05, 0) is 18.2 Å². The van der Waals surface area contributed by atoms with Crippen LogP contribution in [0, 0.1) is 0 Å². The summed E-state index contributed by atoms with van der Waals surface area (Å²) in [5, 5.41) is 22.1. The summed E-state index contributed by atoms with van der Waals surface area (Å²) in [7, 11) is 1.56. The maximum Gasteiger partial charge on any atom is 0.322 e. The Bertz CT molecular complexity index is 464. The fourth-order valence-electron chi connectivity index (χ4n) is 2.21. The molecule has 1 aromatic carbocycles. The van der Waals surface area contributed by atoms with E-state index in [9.17, 15) is 15.0 Å². The molecule has 1 saturated heterocycles. The first kappa shape index (κ1) is 13.6. The van der Waals surface area contributed by atoms with Crippen molar-refractivity contribution in [2.45, 2.75) is 12.6 Å². The van der Waals surface area contributed by atoms with Gasteiger partial charge < -0.3 is 20.3 Å². The second-order valence-corrected chi connectivity index (χ2v) is 4.52. The molecule has 0 aliphatic carbocycles. The zero-order valence-electron chi connectivity index (χ0n) is 10.8. The average Bonchev–Trinajstić information content (AvgIpc) is 2.41. The van der Waals surface area contributed by atoms with Crippen LogP contribution in [-0.4, -0.2) is 53.9 Å². The molecular weight excluding hydrogens is 248 g/mol. The number of ether oxygens (including phenoxy) is 1. The highest BCUT2D eigenvalue weighted by molar-refractivity contribution is 5.74. The predicted molar refractivity (Wildman–Crippen MR) is 69.4 cm³/mol. The average molecular weight is 266 g/mol. The number of rotatable bonds is 4. The maximum atomic E-state index is 11.2. The number of nitrogens with one attached hydrogen (secondary N) is 1. The lowest BCUT2D eigenvalue weighted by atomic mass is 10.1. The molecule has 2 rings (SSSR count). The zero-order chi connectivity index (χ0) is 13.8. The van der Waals surface area contributed by atoms with E-state index >= 15 is 0 Å². The lowest BCUT2D eigenvalue weighted by Gasteiger charge is -2.33. The number of aromatic hydroxyl groups is 1. The van der Waals surface area contributed by atoms with Gasteiger partial charge in [-0.3, -0.25) is 9.69 Å². The first-order valence-electron chi connectivity index (χ1n) is 6.15. The number of carboxylic acids is 1. The number of methoxy groups -OCH3 is 1. The second kappa shape index (κ2) is 5.90. The van der Waals surface area contributed by atoms with Crippen LogP contribution in [0.5, 0.6) is 11.5 Å². The number of aliphatic carboxylic acids is 1. The van der Waals surface area contributed by atoms with Crippen molar-refractivity contribution >= 4 is 5.97 Å². The number of carboxylic acid groups (broad SMARTS) is 1. The van der Waals surface area contributed by atoms with Crippen LogP contribution in [-0.2, 0) is 11.3 Å². The van der Waals surface area contributed by atoms with Gasteiger partial charge in [0.1, 0.15) is 17.5 Å². The summed E-state index contributed by atoms with van der Waals surface area (Å²) in [5.74, 6) is -0.0483. The van der Waals surface area contributed by atoms with Crippen LogP contribution in [0.15, 0.2) is 18.2 Å². The van der Waals surface area contributed by atoms with Crippen LogP contribution in [0.4, 0.5) is 0 Å². The highest BCUT2D eigenvalue weighted by Gasteiger charge is 2.28. The Kier molecular flexibility index (Phi) is 4.24. The smallest absolute Gasteiger partial charge is 0.322 e. The standard InChI is InChI=1S/C13H18N2O4/c1-19-10-2-3-12(16)9(6-10)8-15-5-4-14-7-11(15)13(17)18/h2-3,6,11,14,16H,4-5,7-8H2,1H3,(H,17,18). The normalized spacial score (nSPS) is 20.2. The molecule has 1 aliphatic rings. The van der Waals surface area contributed by atoms with E-state index < -0.39 is 12.0 Å². The molecule has 6 nitrogen and oxygen atoms in total. The van der Waals surface area contributed by atoms with Gasteiger partial charge in [0.2, 0.25) is 0 Å². The number of piperazine rings is 1. The van der Waals surface area contributed by atoms with Crippen LogP contribution in [0.2, 0.25) is 0 Å². The van der Waals surface area contributed by atoms with Gasteiger partial charge in [-0.2, -0.15) is 0 Å². The van der Waals surface area contributed by atoms with Crippen LogP contribution >= 0.6 is 0 Å². The Morgan fingerprint density at radius 2 is 2.37 bits per heavy atom. The van der Waals surface area contributed by atoms with Gasteiger partial charge >= 0.3 is 5.97 Å². The Hall–Kier alpha value is -1.79. The van der Waals surface area contributed by atoms with Gasteiger partial charge in [0.05, 0.1) is 7.11 Å². The molecule has 19 heavy (non-hydrogen) atoms. The van der Waals surface area contributed by atoms with Crippen molar-refractivity contribution in [3.8, 4) is 11.5 Å². The number of hydrogen-bond donors (Lipinski definition) is 3. The van der Waals surface area contributed by atoms with E-state index in [0.29, 0.717) is 30.9 Å². The van der Waals surface area contributed by atoms with Crippen molar-refractivity contribution in [2.75, 3.05) is 26.7 Å². The number of phenolic OH excluding ortho intramolecular Hbond substituents is 1.